The normalized spacial score (nSPS) is 15.9. The smallest absolute Gasteiger partial charge is 0.338 e. The quantitative estimate of drug-likeness (QED) is 0.738. The van der Waals surface area contributed by atoms with Gasteiger partial charge in [0.25, 0.3) is 5.92 Å². The Balaban J connectivity index is 1.88. The molecule has 0 heterocycles. The van der Waals surface area contributed by atoms with Gasteiger partial charge in [0.2, 0.25) is 0 Å². The van der Waals surface area contributed by atoms with Crippen LogP contribution in [0.3, 0.4) is 0 Å². The van der Waals surface area contributed by atoms with E-state index >= 15 is 0 Å². The molecule has 2 rings (SSSR count). The van der Waals surface area contributed by atoms with Gasteiger partial charge in [-0.15, -0.1) is 0 Å². The molecular formula is C12H12F2O2. The van der Waals surface area contributed by atoms with Crippen LogP contribution in [-0.4, -0.2) is 18.5 Å². The van der Waals surface area contributed by atoms with Crippen LogP contribution in [0.15, 0.2) is 30.3 Å². The van der Waals surface area contributed by atoms with Crippen molar-refractivity contribution in [2.24, 2.45) is 5.92 Å². The summed E-state index contributed by atoms with van der Waals surface area (Å²) < 4.78 is 31.0. The first-order chi connectivity index (χ1) is 7.59. The lowest BCUT2D eigenvalue weighted by molar-refractivity contribution is -0.0768. The van der Waals surface area contributed by atoms with Gasteiger partial charge in [0, 0.05) is 5.92 Å². The van der Waals surface area contributed by atoms with Crippen molar-refractivity contribution >= 4 is 5.97 Å². The molecule has 16 heavy (non-hydrogen) atoms. The average molecular weight is 226 g/mol. The molecule has 2 nitrogen and oxygen atoms in total. The van der Waals surface area contributed by atoms with Gasteiger partial charge in [-0.05, 0) is 25.0 Å². The maximum Gasteiger partial charge on any atom is 0.338 e. The van der Waals surface area contributed by atoms with Crippen molar-refractivity contribution in [2.75, 3.05) is 6.61 Å². The Morgan fingerprint density at radius 3 is 2.50 bits per heavy atom. The van der Waals surface area contributed by atoms with Gasteiger partial charge in [0.1, 0.15) is 0 Å². The van der Waals surface area contributed by atoms with E-state index in [9.17, 15) is 13.6 Å². The van der Waals surface area contributed by atoms with Gasteiger partial charge in [0.15, 0.2) is 6.61 Å². The summed E-state index contributed by atoms with van der Waals surface area (Å²) >= 11 is 0. The Kier molecular flexibility index (Phi) is 2.90. The zero-order valence-electron chi connectivity index (χ0n) is 8.66. The number of rotatable bonds is 4. The fourth-order valence-corrected chi connectivity index (χ4v) is 1.44. The number of ether oxygens (including phenoxy) is 1. The van der Waals surface area contributed by atoms with Gasteiger partial charge in [-0.25, -0.2) is 13.6 Å². The molecule has 0 saturated heterocycles. The Bertz CT molecular complexity index is 372. The summed E-state index contributed by atoms with van der Waals surface area (Å²) in [5.74, 6) is -4.17. The van der Waals surface area contributed by atoms with E-state index in [1.807, 2.05) is 0 Å². The molecule has 0 aromatic heterocycles. The van der Waals surface area contributed by atoms with Crippen LogP contribution in [0.25, 0.3) is 0 Å². The van der Waals surface area contributed by atoms with Gasteiger partial charge in [-0.2, -0.15) is 0 Å². The maximum absolute atomic E-state index is 13.2. The van der Waals surface area contributed by atoms with Gasteiger partial charge in [-0.3, -0.25) is 0 Å². The van der Waals surface area contributed by atoms with Crippen LogP contribution in [0.5, 0.6) is 0 Å². The molecule has 0 aliphatic heterocycles. The van der Waals surface area contributed by atoms with Crippen LogP contribution in [0.2, 0.25) is 0 Å². The first-order valence-electron chi connectivity index (χ1n) is 5.19. The molecule has 1 aliphatic rings. The Morgan fingerprint density at radius 1 is 1.31 bits per heavy atom. The Hall–Kier alpha value is -1.45. The average Bonchev–Trinajstić information content (AvgIpc) is 3.11. The fourth-order valence-electron chi connectivity index (χ4n) is 1.44. The lowest BCUT2D eigenvalue weighted by Crippen LogP contribution is -2.28. The van der Waals surface area contributed by atoms with Crippen LogP contribution in [0.1, 0.15) is 23.2 Å². The highest BCUT2D eigenvalue weighted by Gasteiger charge is 2.47. The molecule has 0 spiro atoms. The molecule has 0 unspecified atom stereocenters. The second kappa shape index (κ2) is 4.20. The van der Waals surface area contributed by atoms with Crippen LogP contribution < -0.4 is 0 Å². The minimum Gasteiger partial charge on any atom is -0.456 e. The van der Waals surface area contributed by atoms with E-state index in [1.165, 1.54) is 12.1 Å². The van der Waals surface area contributed by atoms with Crippen molar-refractivity contribution in [1.29, 1.82) is 0 Å². The molecule has 1 aliphatic carbocycles. The summed E-state index contributed by atoms with van der Waals surface area (Å²) in [5, 5.41) is 0. The monoisotopic (exact) mass is 226 g/mol. The highest BCUT2D eigenvalue weighted by Crippen LogP contribution is 2.43. The van der Waals surface area contributed by atoms with Crippen molar-refractivity contribution in [3.63, 3.8) is 0 Å². The lowest BCUT2D eigenvalue weighted by atomic mass is 10.2. The predicted molar refractivity (Wildman–Crippen MR) is 54.4 cm³/mol. The number of carbonyl (C=O) groups excluding carboxylic acids is 1. The molecule has 86 valence electrons. The van der Waals surface area contributed by atoms with E-state index < -0.39 is 24.4 Å². The molecule has 0 amide bonds. The fraction of sp³-hybridized carbons (Fsp3) is 0.417. The Morgan fingerprint density at radius 2 is 1.94 bits per heavy atom. The van der Waals surface area contributed by atoms with Gasteiger partial charge in [-0.1, -0.05) is 18.2 Å². The van der Waals surface area contributed by atoms with Crippen molar-refractivity contribution in [2.45, 2.75) is 18.8 Å². The summed E-state index contributed by atoms with van der Waals surface area (Å²) in [4.78, 5) is 11.4. The third kappa shape index (κ3) is 2.56. The molecular weight excluding hydrogens is 214 g/mol. The highest BCUT2D eigenvalue weighted by molar-refractivity contribution is 5.89. The van der Waals surface area contributed by atoms with Crippen molar-refractivity contribution in [3.05, 3.63) is 35.9 Å². The Labute approximate surface area is 92.2 Å². The first-order valence-corrected chi connectivity index (χ1v) is 5.19. The summed E-state index contributed by atoms with van der Waals surface area (Å²) in [6.07, 6.45) is 1.05. The number of esters is 1. The van der Waals surface area contributed by atoms with Crippen LogP contribution in [0, 0.1) is 5.92 Å². The summed E-state index contributed by atoms with van der Waals surface area (Å²) in [7, 11) is 0. The van der Waals surface area contributed by atoms with Gasteiger partial charge >= 0.3 is 5.97 Å². The minimum absolute atomic E-state index is 0.300. The van der Waals surface area contributed by atoms with Crippen molar-refractivity contribution in [3.8, 4) is 0 Å². The molecule has 4 heteroatoms. The molecule has 1 aromatic carbocycles. The minimum atomic E-state index is -2.87. The van der Waals surface area contributed by atoms with E-state index in [0.717, 1.165) is 0 Å². The predicted octanol–water partition coefficient (Wildman–Crippen LogP) is 2.89. The largest absolute Gasteiger partial charge is 0.456 e. The van der Waals surface area contributed by atoms with E-state index in [0.29, 0.717) is 18.4 Å². The zero-order chi connectivity index (χ0) is 11.6. The summed E-state index contributed by atoms with van der Waals surface area (Å²) in [6, 6.07) is 8.15. The second-order valence-electron chi connectivity index (χ2n) is 3.98. The SMILES string of the molecule is O=C(OCC(F)(F)C1CC1)c1ccccc1. The highest BCUT2D eigenvalue weighted by atomic mass is 19.3. The molecule has 1 aromatic rings. The second-order valence-corrected chi connectivity index (χ2v) is 3.98. The van der Waals surface area contributed by atoms with Gasteiger partial charge in [0.05, 0.1) is 5.56 Å². The van der Waals surface area contributed by atoms with Crippen LogP contribution >= 0.6 is 0 Å². The third-order valence-corrected chi connectivity index (χ3v) is 2.58. The summed E-state index contributed by atoms with van der Waals surface area (Å²) in [6.45, 7) is -0.814. The topological polar surface area (TPSA) is 26.3 Å². The standard InChI is InChI=1S/C12H12F2O2/c13-12(14,10-6-7-10)8-16-11(15)9-4-2-1-3-5-9/h1-5,10H,6-8H2. The maximum atomic E-state index is 13.2. The molecule has 1 saturated carbocycles. The molecule has 0 atom stereocenters. The molecule has 1 fully saturated rings. The molecule has 0 radical (unpaired) electrons. The number of alkyl halides is 2. The van der Waals surface area contributed by atoms with E-state index in [2.05, 4.69) is 4.74 Å². The molecule has 0 N–H and O–H groups in total. The van der Waals surface area contributed by atoms with Gasteiger partial charge < -0.3 is 4.74 Å². The van der Waals surface area contributed by atoms with E-state index in [4.69, 9.17) is 0 Å². The van der Waals surface area contributed by atoms with Crippen LogP contribution in [-0.2, 0) is 4.74 Å². The first kappa shape index (κ1) is 11.0. The number of halogens is 2. The van der Waals surface area contributed by atoms with Crippen molar-refractivity contribution < 1.29 is 18.3 Å². The van der Waals surface area contributed by atoms with Crippen LogP contribution in [0.4, 0.5) is 8.78 Å². The molecule has 0 bridgehead atoms. The van der Waals surface area contributed by atoms with Crippen molar-refractivity contribution in [1.82, 2.24) is 0 Å². The number of carbonyl (C=O) groups is 1. The summed E-state index contributed by atoms with van der Waals surface area (Å²) in [5.41, 5.74) is 0.300. The van der Waals surface area contributed by atoms with E-state index in [1.54, 1.807) is 18.2 Å². The zero-order valence-corrected chi connectivity index (χ0v) is 8.66. The number of benzene rings is 1. The lowest BCUT2D eigenvalue weighted by Gasteiger charge is -2.15. The number of hydrogen-bond donors (Lipinski definition) is 0. The van der Waals surface area contributed by atoms with E-state index in [-0.39, 0.29) is 0 Å². The third-order valence-electron chi connectivity index (χ3n) is 2.58. The number of hydrogen-bond acceptors (Lipinski definition) is 2.